The first-order valence-electron chi connectivity index (χ1n) is 30.1. The van der Waals surface area contributed by atoms with Crippen LogP contribution in [0.1, 0.15) is 163 Å². The van der Waals surface area contributed by atoms with Crippen LogP contribution in [-0.4, -0.2) is 101 Å². The second-order valence-electron chi connectivity index (χ2n) is 21.3. The maximum atomic E-state index is 13.3. The lowest BCUT2D eigenvalue weighted by atomic mass is 9.92. The second-order valence-corrected chi connectivity index (χ2v) is 21.3. The molecule has 0 radical (unpaired) electrons. The van der Waals surface area contributed by atoms with E-state index in [2.05, 4.69) is 51.3 Å². The van der Waals surface area contributed by atoms with Crippen LogP contribution in [0.2, 0.25) is 0 Å². The standard InChI is InChI=1S/C66H88N2O12/c1-7-13-19-59-61(65(75-41-42-76-65)51-23-27-53(28-24-51)71-39-37-67(33-15-9-3)34-16-10-4)55-45-49(21-31-57(55)79-59)47-73-63(69)64(70)74-48-50-22-32-58-56(46-50)62(60(80-58)20-14-8-2)66(77-43-44-78-66)52-25-29-54(30-26-52)72-40-38-68(35-17-11-5)36-18-12-6/h21-32,45-46H,7-20,33-44,47-48H2,1-6H3. The molecule has 2 fully saturated rings. The Balaban J connectivity index is 0.944. The lowest BCUT2D eigenvalue weighted by Gasteiger charge is -2.29. The Morgan fingerprint density at radius 2 is 0.800 bits per heavy atom. The van der Waals surface area contributed by atoms with E-state index in [0.717, 1.165) is 121 Å². The van der Waals surface area contributed by atoms with Gasteiger partial charge in [0.2, 0.25) is 11.6 Å². The molecule has 0 saturated carbocycles. The third-order valence-corrected chi connectivity index (χ3v) is 15.3. The number of ether oxygens (including phenoxy) is 8. The van der Waals surface area contributed by atoms with E-state index < -0.39 is 23.5 Å². The molecule has 14 nitrogen and oxygen atoms in total. The van der Waals surface area contributed by atoms with Gasteiger partial charge in [-0.3, -0.25) is 9.80 Å². The molecule has 2 aromatic heterocycles. The summed E-state index contributed by atoms with van der Waals surface area (Å²) in [6, 6.07) is 27.2. The number of rotatable bonds is 34. The lowest BCUT2D eigenvalue weighted by Crippen LogP contribution is -2.30. The van der Waals surface area contributed by atoms with Crippen LogP contribution in [0.3, 0.4) is 0 Å². The van der Waals surface area contributed by atoms with E-state index in [9.17, 15) is 9.59 Å². The number of fused-ring (bicyclic) bond motifs is 2. The fourth-order valence-corrected chi connectivity index (χ4v) is 10.8. The summed E-state index contributed by atoms with van der Waals surface area (Å²) < 4.78 is 63.3. The van der Waals surface area contributed by atoms with Crippen molar-refractivity contribution in [1.82, 2.24) is 9.80 Å². The first kappa shape index (κ1) is 60.4. The van der Waals surface area contributed by atoms with E-state index in [-0.39, 0.29) is 13.2 Å². The quantitative estimate of drug-likeness (QED) is 0.0279. The Kier molecular flexibility index (Phi) is 22.9. The van der Waals surface area contributed by atoms with E-state index in [0.29, 0.717) is 74.8 Å². The Labute approximate surface area is 474 Å². The molecule has 2 aliphatic heterocycles. The number of unbranched alkanes of at least 4 members (excludes halogenated alkanes) is 6. The lowest BCUT2D eigenvalue weighted by molar-refractivity contribution is -0.169. The van der Waals surface area contributed by atoms with Gasteiger partial charge in [0.05, 0.1) is 37.6 Å². The highest BCUT2D eigenvalue weighted by atomic mass is 16.7. The summed E-state index contributed by atoms with van der Waals surface area (Å²) in [4.78, 5) is 31.7. The predicted molar refractivity (Wildman–Crippen MR) is 311 cm³/mol. The molecule has 0 atom stereocenters. The molecule has 0 N–H and O–H groups in total. The van der Waals surface area contributed by atoms with Crippen molar-refractivity contribution in [2.75, 3.05) is 78.9 Å². The number of carbonyl (C=O) groups excluding carboxylic acids is 2. The van der Waals surface area contributed by atoms with Crippen molar-refractivity contribution in [2.24, 2.45) is 0 Å². The van der Waals surface area contributed by atoms with Gasteiger partial charge in [-0.25, -0.2) is 9.59 Å². The van der Waals surface area contributed by atoms with Crippen LogP contribution in [0.15, 0.2) is 93.8 Å². The molecule has 434 valence electrons. The third-order valence-electron chi connectivity index (χ3n) is 15.3. The monoisotopic (exact) mass is 1100 g/mol. The van der Waals surface area contributed by atoms with Crippen LogP contribution in [-0.2, 0) is 75.6 Å². The Morgan fingerprint density at radius 3 is 1.14 bits per heavy atom. The molecular formula is C66H88N2O12. The minimum atomic E-state index is -1.23. The maximum Gasteiger partial charge on any atom is 0.417 e. The van der Waals surface area contributed by atoms with E-state index in [1.807, 2.05) is 84.9 Å². The van der Waals surface area contributed by atoms with Gasteiger partial charge in [0, 0.05) is 47.8 Å². The number of nitrogens with zero attached hydrogens (tertiary/aromatic N) is 2. The first-order chi connectivity index (χ1) is 39.2. The molecule has 0 spiro atoms. The summed E-state index contributed by atoms with van der Waals surface area (Å²) >= 11 is 0. The SMILES string of the molecule is CCCCc1oc2ccc(COC(=O)C(=O)OCc3ccc4oc(CCCC)c(C5(c6ccc(OCCN(CCCC)CCCC)cc6)OCCO5)c4c3)cc2c1C1(c2ccc(OCCN(CCCC)CCCC)cc2)OCCO1. The molecule has 0 aliphatic carbocycles. The average molecular weight is 1100 g/mol. The molecule has 0 amide bonds. The summed E-state index contributed by atoms with van der Waals surface area (Å²) in [7, 11) is 0. The van der Waals surface area contributed by atoms with Crippen LogP contribution >= 0.6 is 0 Å². The predicted octanol–water partition coefficient (Wildman–Crippen LogP) is 13.7. The van der Waals surface area contributed by atoms with Crippen LogP contribution in [0.5, 0.6) is 11.5 Å². The number of carbonyl (C=O) groups is 2. The van der Waals surface area contributed by atoms with Gasteiger partial charge in [0.25, 0.3) is 0 Å². The fraction of sp³-hybridized carbons (Fsp3) is 0.545. The molecular weight excluding hydrogens is 1010 g/mol. The number of hydrogen-bond donors (Lipinski definition) is 0. The van der Waals surface area contributed by atoms with Gasteiger partial charge in [0.1, 0.15) is 60.6 Å². The minimum Gasteiger partial charge on any atom is -0.492 e. The van der Waals surface area contributed by atoms with Gasteiger partial charge in [0.15, 0.2) is 0 Å². The van der Waals surface area contributed by atoms with Crippen molar-refractivity contribution in [3.63, 3.8) is 0 Å². The van der Waals surface area contributed by atoms with Crippen LogP contribution in [0, 0.1) is 0 Å². The smallest absolute Gasteiger partial charge is 0.417 e. The third kappa shape index (κ3) is 15.0. The van der Waals surface area contributed by atoms with Crippen molar-refractivity contribution in [1.29, 1.82) is 0 Å². The highest BCUT2D eigenvalue weighted by molar-refractivity contribution is 6.29. The zero-order valence-corrected chi connectivity index (χ0v) is 48.7. The summed E-state index contributed by atoms with van der Waals surface area (Å²) in [5.41, 5.74) is 5.84. The number of hydrogen-bond acceptors (Lipinski definition) is 14. The van der Waals surface area contributed by atoms with Crippen LogP contribution < -0.4 is 9.47 Å². The number of furan rings is 2. The van der Waals surface area contributed by atoms with Crippen LogP contribution in [0.25, 0.3) is 21.9 Å². The van der Waals surface area contributed by atoms with E-state index >= 15 is 0 Å². The largest absolute Gasteiger partial charge is 0.492 e. The van der Waals surface area contributed by atoms with Crippen molar-refractivity contribution in [2.45, 2.75) is 156 Å². The maximum absolute atomic E-state index is 13.3. The Morgan fingerprint density at radius 1 is 0.450 bits per heavy atom. The second kappa shape index (κ2) is 30.4. The fourth-order valence-electron chi connectivity index (χ4n) is 10.8. The molecule has 0 unspecified atom stereocenters. The normalized spacial score (nSPS) is 14.9. The molecule has 4 aromatic carbocycles. The zero-order chi connectivity index (χ0) is 56.2. The minimum absolute atomic E-state index is 0.176. The van der Waals surface area contributed by atoms with Gasteiger partial charge < -0.3 is 46.7 Å². The van der Waals surface area contributed by atoms with Gasteiger partial charge in [-0.15, -0.1) is 0 Å². The van der Waals surface area contributed by atoms with Crippen molar-refractivity contribution >= 4 is 33.9 Å². The molecule has 2 aliphatic rings. The highest BCUT2D eigenvalue weighted by Gasteiger charge is 2.47. The summed E-state index contributed by atoms with van der Waals surface area (Å²) in [5.74, 6) is -1.57. The van der Waals surface area contributed by atoms with Crippen molar-refractivity contribution in [3.8, 4) is 11.5 Å². The molecule has 2 saturated heterocycles. The van der Waals surface area contributed by atoms with Crippen molar-refractivity contribution in [3.05, 3.63) is 130 Å². The summed E-state index contributed by atoms with van der Waals surface area (Å²) in [6.07, 6.45) is 14.5. The molecule has 4 heterocycles. The van der Waals surface area contributed by atoms with Crippen LogP contribution in [0.4, 0.5) is 0 Å². The molecule has 0 bridgehead atoms. The number of benzene rings is 4. The molecule has 6 aromatic rings. The number of esters is 2. The number of aryl methyl sites for hydroxylation is 2. The van der Waals surface area contributed by atoms with Crippen molar-refractivity contribution < 1.29 is 56.3 Å². The van der Waals surface area contributed by atoms with E-state index in [1.54, 1.807) is 0 Å². The zero-order valence-electron chi connectivity index (χ0n) is 48.7. The molecule has 14 heteroatoms. The van der Waals surface area contributed by atoms with E-state index in [4.69, 9.17) is 46.7 Å². The first-order valence-corrected chi connectivity index (χ1v) is 30.1. The van der Waals surface area contributed by atoms with Gasteiger partial charge in [-0.05, 0) is 149 Å². The average Bonchev–Trinajstić information content (AvgIpc) is 4.37. The topological polar surface area (TPSA) is 141 Å². The molecule has 80 heavy (non-hydrogen) atoms. The van der Waals surface area contributed by atoms with E-state index in [1.165, 1.54) is 51.4 Å². The van der Waals surface area contributed by atoms with Gasteiger partial charge >= 0.3 is 11.9 Å². The summed E-state index contributed by atoms with van der Waals surface area (Å²) in [5, 5.41) is 1.55. The highest BCUT2D eigenvalue weighted by Crippen LogP contribution is 2.47. The van der Waals surface area contributed by atoms with Gasteiger partial charge in [-0.1, -0.05) is 92.2 Å². The molecule has 8 rings (SSSR count). The Hall–Kier alpha value is -5.74. The Bertz CT molecular complexity index is 2630. The van der Waals surface area contributed by atoms with Gasteiger partial charge in [-0.2, -0.15) is 0 Å². The summed E-state index contributed by atoms with van der Waals surface area (Å²) in [6.45, 7) is 21.7.